The fraction of sp³-hybridized carbons (Fsp3) is 0.500. The Balaban J connectivity index is 3.23. The van der Waals surface area contributed by atoms with Crippen LogP contribution in [0.15, 0.2) is 29.7 Å². The summed E-state index contributed by atoms with van der Waals surface area (Å²) in [5.74, 6) is -0.252. The van der Waals surface area contributed by atoms with Gasteiger partial charge in [0.2, 0.25) is 0 Å². The topological polar surface area (TPSA) is 26.3 Å². The van der Waals surface area contributed by atoms with Gasteiger partial charge in [-0.05, 0) is 29.5 Å². The van der Waals surface area contributed by atoms with Crippen LogP contribution in [0.2, 0.25) is 11.1 Å². The largest absolute Gasteiger partial charge is 0.510 e. The number of hydrogen-bond donors (Lipinski definition) is 0. The Kier molecular flexibility index (Phi) is 4.93. The molecule has 0 radical (unpaired) electrons. The van der Waals surface area contributed by atoms with Gasteiger partial charge in [-0.15, -0.1) is 11.3 Å². The lowest BCUT2D eigenvalue weighted by Crippen LogP contribution is -2.56. The second-order valence-electron chi connectivity index (χ2n) is 5.25. The molecule has 0 saturated heterocycles. The summed E-state index contributed by atoms with van der Waals surface area (Å²) in [5.41, 5.74) is 1.17. The van der Waals surface area contributed by atoms with Crippen LogP contribution in [-0.4, -0.2) is 14.3 Å². The molecule has 1 rings (SSSR count). The summed E-state index contributed by atoms with van der Waals surface area (Å²) < 4.78 is 7.22. The maximum atomic E-state index is 12.0. The third-order valence-electron chi connectivity index (χ3n) is 3.23. The molecule has 0 atom stereocenters. The highest BCUT2D eigenvalue weighted by atomic mass is 32.1. The molecule has 0 N–H and O–H groups in total. The van der Waals surface area contributed by atoms with Gasteiger partial charge in [0.25, 0.3) is 0 Å². The molecule has 0 fully saturated rings. The molecule has 1 aromatic heterocycles. The summed E-state index contributed by atoms with van der Waals surface area (Å²) in [6.07, 6.45) is 0. The highest BCUT2D eigenvalue weighted by Gasteiger charge is 2.48. The normalized spacial score (nSPS) is 11.9. The Morgan fingerprint density at radius 1 is 1.33 bits per heavy atom. The number of thiophene rings is 1. The Morgan fingerprint density at radius 2 is 1.89 bits per heavy atom. The van der Waals surface area contributed by atoms with Crippen molar-refractivity contribution in [2.24, 2.45) is 0 Å². The van der Waals surface area contributed by atoms with E-state index in [2.05, 4.69) is 45.7 Å². The average Bonchev–Trinajstić information content (AvgIpc) is 2.77. The number of carbonyl (C=O) groups excluding carboxylic acids is 1. The first kappa shape index (κ1) is 15.2. The summed E-state index contributed by atoms with van der Waals surface area (Å²) in [7, 11) is -2.29. The first-order valence-electron chi connectivity index (χ1n) is 6.25. The minimum atomic E-state index is -2.29. The van der Waals surface area contributed by atoms with E-state index >= 15 is 0 Å². The van der Waals surface area contributed by atoms with Gasteiger partial charge in [0.15, 0.2) is 0 Å². The van der Waals surface area contributed by atoms with Crippen LogP contribution in [0.3, 0.4) is 0 Å². The van der Waals surface area contributed by atoms with E-state index in [1.807, 2.05) is 6.07 Å². The van der Waals surface area contributed by atoms with Gasteiger partial charge in [0, 0.05) is 10.1 Å². The molecule has 18 heavy (non-hydrogen) atoms. The lowest BCUT2D eigenvalue weighted by Gasteiger charge is -2.37. The van der Waals surface area contributed by atoms with E-state index in [1.54, 1.807) is 18.3 Å². The average molecular weight is 282 g/mol. The molecular weight excluding hydrogens is 260 g/mol. The third-order valence-corrected chi connectivity index (χ3v) is 10.1. The van der Waals surface area contributed by atoms with Gasteiger partial charge in [-0.2, -0.15) is 0 Å². The molecule has 0 aromatic carbocycles. The number of rotatable bonds is 5. The van der Waals surface area contributed by atoms with Crippen molar-refractivity contribution >= 4 is 30.1 Å². The Morgan fingerprint density at radius 3 is 2.22 bits per heavy atom. The van der Waals surface area contributed by atoms with Gasteiger partial charge in [-0.25, -0.2) is 4.79 Å². The van der Waals surface area contributed by atoms with Crippen LogP contribution < -0.4 is 4.50 Å². The van der Waals surface area contributed by atoms with Crippen LogP contribution in [0.25, 0.3) is 0 Å². The van der Waals surface area contributed by atoms with Crippen LogP contribution in [0.4, 0.5) is 0 Å². The molecule has 0 spiro atoms. The summed E-state index contributed by atoms with van der Waals surface area (Å²) in [5, 5.41) is 2.05. The fourth-order valence-electron chi connectivity index (χ4n) is 2.26. The van der Waals surface area contributed by atoms with Gasteiger partial charge in [0.05, 0.1) is 0 Å². The van der Waals surface area contributed by atoms with Crippen LogP contribution in [-0.2, 0) is 9.22 Å². The van der Waals surface area contributed by atoms with Crippen molar-refractivity contribution in [1.29, 1.82) is 0 Å². The SMILES string of the molecule is C=C(C)C(=O)O[Si](c1cccs1)(C(C)C)C(C)C. The fourth-order valence-corrected chi connectivity index (χ4v) is 9.09. The smallest absolute Gasteiger partial charge is 0.320 e. The predicted molar refractivity (Wildman–Crippen MR) is 80.8 cm³/mol. The van der Waals surface area contributed by atoms with Crippen molar-refractivity contribution in [3.8, 4) is 0 Å². The predicted octanol–water partition coefficient (Wildman–Crippen LogP) is 3.84. The van der Waals surface area contributed by atoms with Gasteiger partial charge < -0.3 is 4.43 Å². The zero-order valence-corrected chi connectivity index (χ0v) is 13.6. The van der Waals surface area contributed by atoms with E-state index in [-0.39, 0.29) is 5.97 Å². The summed E-state index contributed by atoms with van der Waals surface area (Å²) in [4.78, 5) is 12.0. The van der Waals surface area contributed by atoms with Gasteiger partial charge >= 0.3 is 14.3 Å². The molecule has 0 saturated carbocycles. The third kappa shape index (κ3) is 2.75. The van der Waals surface area contributed by atoms with Gasteiger partial charge in [0.1, 0.15) is 0 Å². The Hall–Kier alpha value is -0.873. The van der Waals surface area contributed by atoms with Crippen LogP contribution in [0, 0.1) is 0 Å². The first-order valence-corrected chi connectivity index (χ1v) is 9.19. The Labute approximate surface area is 115 Å². The molecule has 0 aliphatic rings. The van der Waals surface area contributed by atoms with Crippen molar-refractivity contribution in [2.45, 2.75) is 45.7 Å². The standard InChI is InChI=1S/C14H22O2SSi/c1-10(2)14(15)16-18(11(3)4,12(5)6)13-8-7-9-17-13/h7-9,11-12H,1H2,2-6H3. The zero-order valence-electron chi connectivity index (χ0n) is 11.8. The Bertz CT molecular complexity index is 413. The quantitative estimate of drug-likeness (QED) is 0.606. The summed E-state index contributed by atoms with van der Waals surface area (Å²) >= 11 is 1.70. The van der Waals surface area contributed by atoms with E-state index in [9.17, 15) is 4.79 Å². The van der Waals surface area contributed by atoms with Crippen molar-refractivity contribution in [3.63, 3.8) is 0 Å². The van der Waals surface area contributed by atoms with Crippen LogP contribution in [0.1, 0.15) is 34.6 Å². The molecule has 0 aliphatic heterocycles. The molecule has 100 valence electrons. The molecular formula is C14H22O2SSi. The second kappa shape index (κ2) is 5.84. The minimum absolute atomic E-state index is 0.252. The van der Waals surface area contributed by atoms with E-state index in [4.69, 9.17) is 4.43 Å². The van der Waals surface area contributed by atoms with Crippen molar-refractivity contribution in [3.05, 3.63) is 29.7 Å². The van der Waals surface area contributed by atoms with Crippen LogP contribution in [0.5, 0.6) is 0 Å². The zero-order chi connectivity index (χ0) is 13.9. The van der Waals surface area contributed by atoms with Gasteiger partial charge in [-0.1, -0.05) is 40.3 Å². The highest BCUT2D eigenvalue weighted by Crippen LogP contribution is 2.34. The van der Waals surface area contributed by atoms with Gasteiger partial charge in [-0.3, -0.25) is 0 Å². The van der Waals surface area contributed by atoms with Crippen LogP contribution >= 0.6 is 11.3 Å². The summed E-state index contributed by atoms with van der Waals surface area (Å²) in [6.45, 7) is 14.0. The van der Waals surface area contributed by atoms with E-state index in [0.29, 0.717) is 16.7 Å². The lowest BCUT2D eigenvalue weighted by atomic mass is 10.4. The van der Waals surface area contributed by atoms with Crippen molar-refractivity contribution in [2.75, 3.05) is 0 Å². The van der Waals surface area contributed by atoms with Crippen molar-refractivity contribution in [1.82, 2.24) is 0 Å². The molecule has 0 unspecified atom stereocenters. The van der Waals surface area contributed by atoms with E-state index in [0.717, 1.165) is 0 Å². The first-order chi connectivity index (χ1) is 8.32. The molecule has 0 amide bonds. The molecule has 4 heteroatoms. The van der Waals surface area contributed by atoms with E-state index in [1.165, 1.54) is 4.50 Å². The molecule has 0 aliphatic carbocycles. The number of hydrogen-bond acceptors (Lipinski definition) is 3. The molecule has 2 nitrogen and oxygen atoms in total. The van der Waals surface area contributed by atoms with Crippen molar-refractivity contribution < 1.29 is 9.22 Å². The minimum Gasteiger partial charge on any atom is -0.510 e. The summed E-state index contributed by atoms with van der Waals surface area (Å²) in [6, 6.07) is 4.13. The molecule has 1 aromatic rings. The monoisotopic (exact) mass is 282 g/mol. The maximum absolute atomic E-state index is 12.0. The lowest BCUT2D eigenvalue weighted by molar-refractivity contribution is -0.131. The number of carbonyl (C=O) groups is 1. The second-order valence-corrected chi connectivity index (χ2v) is 11.2. The molecule has 0 bridgehead atoms. The molecule has 1 heterocycles. The highest BCUT2D eigenvalue weighted by molar-refractivity contribution is 7.25. The van der Waals surface area contributed by atoms with E-state index < -0.39 is 8.32 Å². The maximum Gasteiger partial charge on any atom is 0.320 e.